The Balaban J connectivity index is 2.54. The minimum atomic E-state index is -6.08. The van der Waals surface area contributed by atoms with Gasteiger partial charge in [-0.3, -0.25) is 20.2 Å². The molecule has 31 heavy (non-hydrogen) atoms. The molecule has 0 saturated carbocycles. The lowest BCUT2D eigenvalue weighted by Crippen LogP contribution is -2.41. The highest BCUT2D eigenvalue weighted by molar-refractivity contribution is 5.80. The minimum Gasteiger partial charge on any atom is -0.426 e. The van der Waals surface area contributed by atoms with Crippen LogP contribution in [-0.2, 0) is 6.18 Å². The highest BCUT2D eigenvalue weighted by Crippen LogP contribution is 2.43. The van der Waals surface area contributed by atoms with Crippen LogP contribution in [0.4, 0.5) is 57.9 Å². The van der Waals surface area contributed by atoms with Crippen LogP contribution in [-0.4, -0.2) is 22.1 Å². The van der Waals surface area contributed by atoms with Crippen LogP contribution < -0.4 is 10.1 Å². The van der Waals surface area contributed by atoms with Gasteiger partial charge in [-0.1, -0.05) is 6.07 Å². The maximum Gasteiger partial charge on any atom is 0.499 e. The van der Waals surface area contributed by atoms with E-state index in [1.807, 2.05) is 5.32 Å². The van der Waals surface area contributed by atoms with Crippen LogP contribution in [0.15, 0.2) is 36.4 Å². The third-order valence-corrected chi connectivity index (χ3v) is 3.50. The second kappa shape index (κ2) is 7.84. The van der Waals surface area contributed by atoms with E-state index >= 15 is 0 Å². The molecule has 0 saturated heterocycles. The number of rotatable bonds is 6. The molecule has 0 heterocycles. The number of alkyl halides is 8. The molecule has 2 aromatic carbocycles. The Labute approximate surface area is 165 Å². The molecule has 2 rings (SSSR count). The average Bonchev–Trinajstić information content (AvgIpc) is 2.59. The monoisotopic (exact) mass is 461 g/mol. The normalized spacial score (nSPS) is 12.4. The van der Waals surface area contributed by atoms with Crippen LogP contribution in [0.1, 0.15) is 5.56 Å². The summed E-state index contributed by atoms with van der Waals surface area (Å²) < 4.78 is 105. The maximum atomic E-state index is 13.0. The molecular weight excluding hydrogens is 454 g/mol. The molecule has 2 aromatic rings. The Bertz CT molecular complexity index is 987. The number of nitro groups is 2. The van der Waals surface area contributed by atoms with Crippen molar-refractivity contribution in [2.75, 3.05) is 5.32 Å². The van der Waals surface area contributed by atoms with Crippen molar-refractivity contribution in [3.8, 4) is 5.75 Å². The summed E-state index contributed by atoms with van der Waals surface area (Å²) in [6, 6.07) is 2.90. The Morgan fingerprint density at radius 2 is 1.35 bits per heavy atom. The number of anilines is 2. The Kier molecular flexibility index (Phi) is 5.96. The molecule has 168 valence electrons. The summed E-state index contributed by atoms with van der Waals surface area (Å²) in [5.74, 6) is -1.09. The Morgan fingerprint density at radius 3 is 1.77 bits per heavy atom. The van der Waals surface area contributed by atoms with E-state index in [4.69, 9.17) is 0 Å². The number of nitro benzene ring substituents is 2. The van der Waals surface area contributed by atoms with Crippen LogP contribution >= 0.6 is 0 Å². The van der Waals surface area contributed by atoms with Crippen molar-refractivity contribution in [2.45, 2.75) is 18.5 Å². The van der Waals surface area contributed by atoms with E-state index in [1.54, 1.807) is 0 Å². The summed E-state index contributed by atoms with van der Waals surface area (Å²) >= 11 is 0. The molecule has 0 radical (unpaired) electrons. The first-order chi connectivity index (χ1) is 14.0. The summed E-state index contributed by atoms with van der Waals surface area (Å²) in [5.41, 5.74) is -6.09. The van der Waals surface area contributed by atoms with Gasteiger partial charge in [0.1, 0.15) is 5.75 Å². The SMILES string of the molecule is O=[N+]([O-])c1cc(C(F)(F)F)cc([N+](=O)[O-])c1Nc1cccc(OC(F)(F)C(F)(F)F)c1. The van der Waals surface area contributed by atoms with E-state index in [0.29, 0.717) is 12.1 Å². The topological polar surface area (TPSA) is 108 Å². The zero-order valence-electron chi connectivity index (χ0n) is 14.4. The van der Waals surface area contributed by atoms with Crippen molar-refractivity contribution in [1.29, 1.82) is 0 Å². The van der Waals surface area contributed by atoms with Gasteiger partial charge in [-0.2, -0.15) is 35.1 Å². The van der Waals surface area contributed by atoms with Gasteiger partial charge in [0.2, 0.25) is 0 Å². The lowest BCUT2D eigenvalue weighted by molar-refractivity contribution is -0.392. The minimum absolute atomic E-state index is 0.00646. The summed E-state index contributed by atoms with van der Waals surface area (Å²) in [7, 11) is 0. The summed E-state index contributed by atoms with van der Waals surface area (Å²) in [4.78, 5) is 19.6. The summed E-state index contributed by atoms with van der Waals surface area (Å²) in [6.07, 6.45) is -16.9. The zero-order chi connectivity index (χ0) is 23.8. The van der Waals surface area contributed by atoms with Gasteiger partial charge in [-0.15, -0.1) is 0 Å². The molecular formula is C15H7F8N3O5. The van der Waals surface area contributed by atoms with Gasteiger partial charge < -0.3 is 10.1 Å². The molecule has 0 atom stereocenters. The van der Waals surface area contributed by atoms with E-state index in [0.717, 1.165) is 12.1 Å². The van der Waals surface area contributed by atoms with Crippen LogP contribution in [0.5, 0.6) is 5.75 Å². The Morgan fingerprint density at radius 1 is 0.839 bits per heavy atom. The van der Waals surface area contributed by atoms with Crippen molar-refractivity contribution in [3.63, 3.8) is 0 Å². The smallest absolute Gasteiger partial charge is 0.426 e. The number of benzene rings is 2. The fraction of sp³-hybridized carbons (Fsp3) is 0.200. The summed E-state index contributed by atoms with van der Waals surface area (Å²) in [5, 5.41) is 24.3. The standard InChI is InChI=1S/C15H7F8N3O5/c16-13(17,18)7-4-10(25(27)28)12(11(5-7)26(29)30)24-8-2-1-3-9(6-8)31-15(22,23)14(19,20)21/h1-6,24H. The molecule has 0 spiro atoms. The number of hydrogen-bond acceptors (Lipinski definition) is 6. The molecule has 0 fully saturated rings. The third kappa shape index (κ3) is 5.26. The lowest BCUT2D eigenvalue weighted by atomic mass is 10.1. The molecule has 0 unspecified atom stereocenters. The number of halogens is 8. The van der Waals surface area contributed by atoms with Crippen LogP contribution in [0, 0.1) is 20.2 Å². The van der Waals surface area contributed by atoms with E-state index in [-0.39, 0.29) is 12.1 Å². The highest BCUT2D eigenvalue weighted by Gasteiger charge is 2.61. The van der Waals surface area contributed by atoms with Crippen molar-refractivity contribution >= 4 is 22.7 Å². The van der Waals surface area contributed by atoms with E-state index < -0.39 is 62.4 Å². The van der Waals surface area contributed by atoms with Gasteiger partial charge in [0.05, 0.1) is 15.4 Å². The second-order valence-electron chi connectivity index (χ2n) is 5.67. The Hall–Kier alpha value is -3.72. The fourth-order valence-electron chi connectivity index (χ4n) is 2.18. The van der Waals surface area contributed by atoms with Crippen molar-refractivity contribution in [3.05, 3.63) is 62.2 Å². The fourth-order valence-corrected chi connectivity index (χ4v) is 2.18. The molecule has 16 heteroatoms. The highest BCUT2D eigenvalue weighted by atomic mass is 19.4. The molecule has 1 N–H and O–H groups in total. The number of hydrogen-bond donors (Lipinski definition) is 1. The second-order valence-corrected chi connectivity index (χ2v) is 5.67. The van der Waals surface area contributed by atoms with Crippen molar-refractivity contribution < 1.29 is 49.7 Å². The van der Waals surface area contributed by atoms with E-state index in [9.17, 15) is 55.4 Å². The summed E-state index contributed by atoms with van der Waals surface area (Å²) in [6.45, 7) is 0. The molecule has 0 aliphatic carbocycles. The predicted octanol–water partition coefficient (Wildman–Crippen LogP) is 5.80. The zero-order valence-corrected chi connectivity index (χ0v) is 14.4. The first-order valence-electron chi connectivity index (χ1n) is 7.57. The van der Waals surface area contributed by atoms with Gasteiger partial charge in [0, 0.05) is 23.9 Å². The maximum absolute atomic E-state index is 13.0. The van der Waals surface area contributed by atoms with Gasteiger partial charge in [0.15, 0.2) is 5.69 Å². The first-order valence-corrected chi connectivity index (χ1v) is 7.57. The van der Waals surface area contributed by atoms with Gasteiger partial charge in [-0.05, 0) is 12.1 Å². The quantitative estimate of drug-likeness (QED) is 0.331. The van der Waals surface area contributed by atoms with E-state index in [2.05, 4.69) is 4.74 Å². The first kappa shape index (κ1) is 23.6. The molecule has 0 bridgehead atoms. The number of ether oxygens (including phenoxy) is 1. The van der Waals surface area contributed by atoms with Crippen LogP contribution in [0.25, 0.3) is 0 Å². The number of nitrogens with one attached hydrogen (secondary N) is 1. The van der Waals surface area contributed by atoms with Crippen LogP contribution in [0.3, 0.4) is 0 Å². The van der Waals surface area contributed by atoms with Gasteiger partial charge >= 0.3 is 18.5 Å². The van der Waals surface area contributed by atoms with Gasteiger partial charge in [-0.25, -0.2) is 0 Å². The molecule has 0 aromatic heterocycles. The third-order valence-electron chi connectivity index (χ3n) is 3.50. The predicted molar refractivity (Wildman–Crippen MR) is 86.1 cm³/mol. The van der Waals surface area contributed by atoms with E-state index in [1.165, 1.54) is 0 Å². The van der Waals surface area contributed by atoms with Crippen molar-refractivity contribution in [1.82, 2.24) is 0 Å². The molecule has 0 aliphatic heterocycles. The molecule has 0 aliphatic rings. The molecule has 0 amide bonds. The van der Waals surface area contributed by atoms with Crippen molar-refractivity contribution in [2.24, 2.45) is 0 Å². The van der Waals surface area contributed by atoms with Crippen LogP contribution in [0.2, 0.25) is 0 Å². The van der Waals surface area contributed by atoms with Gasteiger partial charge in [0.25, 0.3) is 11.4 Å². The average molecular weight is 461 g/mol. The molecule has 8 nitrogen and oxygen atoms in total. The largest absolute Gasteiger partial charge is 0.499 e. The number of nitrogens with zero attached hydrogens (tertiary/aromatic N) is 2. The lowest BCUT2D eigenvalue weighted by Gasteiger charge is -2.20.